The molecule has 0 aromatic heterocycles. The summed E-state index contributed by atoms with van der Waals surface area (Å²) in [5, 5.41) is 2.84. The quantitative estimate of drug-likeness (QED) is 0.412. The van der Waals surface area contributed by atoms with Crippen molar-refractivity contribution in [3.8, 4) is 17.2 Å². The molecule has 0 aliphatic heterocycles. The molecule has 0 aliphatic carbocycles. The number of methoxy groups -OCH3 is 2. The molecule has 1 N–H and O–H groups in total. The summed E-state index contributed by atoms with van der Waals surface area (Å²) in [6, 6.07) is 15.3. The lowest BCUT2D eigenvalue weighted by atomic mass is 10.2. The Morgan fingerprint density at radius 2 is 1.69 bits per heavy atom. The molecule has 0 unspecified atom stereocenters. The van der Waals surface area contributed by atoms with Crippen LogP contribution in [0.5, 0.6) is 17.2 Å². The lowest BCUT2D eigenvalue weighted by molar-refractivity contribution is 0.193. The summed E-state index contributed by atoms with van der Waals surface area (Å²) < 4.78 is 54.0. The van der Waals surface area contributed by atoms with Crippen molar-refractivity contribution in [3.63, 3.8) is 0 Å². The van der Waals surface area contributed by atoms with Crippen molar-refractivity contribution in [1.29, 1.82) is 0 Å². The zero-order valence-electron chi connectivity index (χ0n) is 19.8. The Hall–Kier alpha value is -3.79. The summed E-state index contributed by atoms with van der Waals surface area (Å²) in [4.78, 5) is 14.5. The number of hydrogen-bond donors (Lipinski definition) is 1. The monoisotopic (exact) mass is 502 g/mol. The van der Waals surface area contributed by atoms with E-state index in [9.17, 15) is 17.6 Å². The minimum atomic E-state index is -4.15. The Balaban J connectivity index is 1.77. The van der Waals surface area contributed by atoms with Crippen LogP contribution in [0.15, 0.2) is 71.6 Å². The number of anilines is 1. The summed E-state index contributed by atoms with van der Waals surface area (Å²) in [6.45, 7) is 3.92. The van der Waals surface area contributed by atoms with Gasteiger partial charge in [0.25, 0.3) is 0 Å². The summed E-state index contributed by atoms with van der Waals surface area (Å²) in [6.07, 6.45) is 0. The van der Waals surface area contributed by atoms with Gasteiger partial charge in [0.1, 0.15) is 28.0 Å². The maximum absolute atomic E-state index is 13.1. The van der Waals surface area contributed by atoms with Crippen molar-refractivity contribution in [2.24, 2.45) is 0 Å². The van der Waals surface area contributed by atoms with E-state index in [1.807, 2.05) is 13.8 Å². The third-order valence-corrected chi connectivity index (χ3v) is 6.36. The van der Waals surface area contributed by atoms with Crippen LogP contribution in [0.1, 0.15) is 19.4 Å². The van der Waals surface area contributed by atoms with Crippen LogP contribution in [0.25, 0.3) is 0 Å². The second-order valence-corrected chi connectivity index (χ2v) is 9.40. The Bertz CT molecular complexity index is 1280. The van der Waals surface area contributed by atoms with Gasteiger partial charge in [0, 0.05) is 18.7 Å². The molecule has 3 rings (SSSR count). The number of nitrogens with one attached hydrogen (secondary N) is 1. The van der Waals surface area contributed by atoms with E-state index in [1.165, 1.54) is 26.4 Å². The average molecular weight is 503 g/mol. The van der Waals surface area contributed by atoms with Crippen LogP contribution in [0.3, 0.4) is 0 Å². The second-order valence-electron chi connectivity index (χ2n) is 7.86. The highest BCUT2D eigenvalue weighted by Crippen LogP contribution is 2.29. The molecule has 0 heterocycles. The Kier molecular flexibility index (Phi) is 8.18. The first-order valence-electron chi connectivity index (χ1n) is 10.7. The van der Waals surface area contributed by atoms with Crippen molar-refractivity contribution in [1.82, 2.24) is 4.90 Å². The first kappa shape index (κ1) is 25.8. The minimum absolute atomic E-state index is 0.0766. The Morgan fingerprint density at radius 1 is 0.971 bits per heavy atom. The van der Waals surface area contributed by atoms with E-state index < -0.39 is 15.9 Å². The predicted octanol–water partition coefficient (Wildman–Crippen LogP) is 5.05. The van der Waals surface area contributed by atoms with Gasteiger partial charge < -0.3 is 23.9 Å². The number of carbonyl (C=O) groups excluding carboxylic acids is 1. The molecule has 0 radical (unpaired) electrons. The normalized spacial score (nSPS) is 11.1. The largest absolute Gasteiger partial charge is 0.497 e. The lowest BCUT2D eigenvalue weighted by Crippen LogP contribution is -2.39. The van der Waals surface area contributed by atoms with Crippen molar-refractivity contribution >= 4 is 21.8 Å². The third-order valence-electron chi connectivity index (χ3n) is 5.09. The first-order valence-corrected chi connectivity index (χ1v) is 12.1. The number of rotatable bonds is 9. The topological polar surface area (TPSA) is 94.2 Å². The predicted molar refractivity (Wildman–Crippen MR) is 130 cm³/mol. The molecule has 0 aliphatic rings. The van der Waals surface area contributed by atoms with E-state index in [-0.39, 0.29) is 29.3 Å². The highest BCUT2D eigenvalue weighted by atomic mass is 32.2. The van der Waals surface area contributed by atoms with E-state index in [2.05, 4.69) is 5.32 Å². The van der Waals surface area contributed by atoms with Crippen LogP contribution < -0.4 is 19.0 Å². The molecular formula is C25H27FN2O6S. The van der Waals surface area contributed by atoms with E-state index in [0.29, 0.717) is 22.7 Å². The molecule has 0 fully saturated rings. The van der Waals surface area contributed by atoms with Crippen molar-refractivity contribution in [3.05, 3.63) is 78.1 Å². The number of amides is 2. The molecule has 3 aromatic carbocycles. The van der Waals surface area contributed by atoms with Crippen LogP contribution in [0.4, 0.5) is 14.9 Å². The number of urea groups is 1. The molecular weight excluding hydrogens is 475 g/mol. The number of nitrogens with zero attached hydrogens (tertiary/aromatic N) is 1. The van der Waals surface area contributed by atoms with Crippen LogP contribution in [-0.2, 0) is 16.7 Å². The highest BCUT2D eigenvalue weighted by molar-refractivity contribution is 7.87. The summed E-state index contributed by atoms with van der Waals surface area (Å²) >= 11 is 0. The number of ether oxygens (including phenoxy) is 2. The smallest absolute Gasteiger partial charge is 0.339 e. The van der Waals surface area contributed by atoms with Gasteiger partial charge in [0.05, 0.1) is 19.9 Å². The molecule has 0 bridgehead atoms. The van der Waals surface area contributed by atoms with Gasteiger partial charge in [0.15, 0.2) is 0 Å². The molecule has 0 saturated carbocycles. The molecule has 0 saturated heterocycles. The van der Waals surface area contributed by atoms with E-state index in [0.717, 1.165) is 24.3 Å². The summed E-state index contributed by atoms with van der Waals surface area (Å²) in [7, 11) is -1.11. The van der Waals surface area contributed by atoms with Gasteiger partial charge in [-0.15, -0.1) is 0 Å². The highest BCUT2D eigenvalue weighted by Gasteiger charge is 2.21. The van der Waals surface area contributed by atoms with Gasteiger partial charge >= 0.3 is 16.1 Å². The maximum Gasteiger partial charge on any atom is 0.339 e. The van der Waals surface area contributed by atoms with Crippen LogP contribution in [0, 0.1) is 5.82 Å². The van der Waals surface area contributed by atoms with Crippen molar-refractivity contribution in [2.45, 2.75) is 31.3 Å². The average Bonchev–Trinajstić information content (AvgIpc) is 2.82. The summed E-state index contributed by atoms with van der Waals surface area (Å²) in [5.74, 6) is 0.564. The van der Waals surface area contributed by atoms with E-state index in [1.54, 1.807) is 35.2 Å². The molecule has 3 aromatic rings. The lowest BCUT2D eigenvalue weighted by Gasteiger charge is -2.27. The number of hydrogen-bond acceptors (Lipinski definition) is 6. The number of benzene rings is 3. The van der Waals surface area contributed by atoms with Gasteiger partial charge in [-0.25, -0.2) is 9.18 Å². The first-order chi connectivity index (χ1) is 16.6. The minimum Gasteiger partial charge on any atom is -0.497 e. The maximum atomic E-state index is 13.1. The fourth-order valence-corrected chi connectivity index (χ4v) is 4.17. The summed E-state index contributed by atoms with van der Waals surface area (Å²) in [5.41, 5.74) is 1.13. The van der Waals surface area contributed by atoms with Gasteiger partial charge in [-0.3, -0.25) is 0 Å². The molecule has 35 heavy (non-hydrogen) atoms. The van der Waals surface area contributed by atoms with Gasteiger partial charge in [0.2, 0.25) is 0 Å². The van der Waals surface area contributed by atoms with Crippen molar-refractivity contribution in [2.75, 3.05) is 19.5 Å². The zero-order valence-corrected chi connectivity index (χ0v) is 20.6. The van der Waals surface area contributed by atoms with E-state index in [4.69, 9.17) is 13.7 Å². The van der Waals surface area contributed by atoms with Crippen LogP contribution in [-0.4, -0.2) is 39.6 Å². The fraction of sp³-hybridized carbons (Fsp3) is 0.240. The van der Waals surface area contributed by atoms with Gasteiger partial charge in [-0.2, -0.15) is 8.42 Å². The molecule has 0 atom stereocenters. The van der Waals surface area contributed by atoms with Crippen LogP contribution in [0.2, 0.25) is 0 Å². The SMILES string of the molecule is COc1ccc(NC(=O)N(Cc2cccc(OS(=O)(=O)c3ccc(F)cc3)c2)C(C)C)c(OC)c1. The van der Waals surface area contributed by atoms with Gasteiger partial charge in [-0.1, -0.05) is 12.1 Å². The van der Waals surface area contributed by atoms with Gasteiger partial charge in [-0.05, 0) is 67.9 Å². The molecule has 10 heteroatoms. The van der Waals surface area contributed by atoms with Crippen molar-refractivity contribution < 1.29 is 31.3 Å². The zero-order chi connectivity index (χ0) is 25.6. The molecule has 8 nitrogen and oxygen atoms in total. The number of halogens is 1. The Labute approximate surface area is 204 Å². The second kappa shape index (κ2) is 11.1. The fourth-order valence-electron chi connectivity index (χ4n) is 3.25. The third kappa shape index (κ3) is 6.63. The molecule has 2 amide bonds. The number of carbonyl (C=O) groups is 1. The molecule has 186 valence electrons. The molecule has 0 spiro atoms. The Morgan fingerprint density at radius 3 is 2.31 bits per heavy atom. The van der Waals surface area contributed by atoms with E-state index >= 15 is 0 Å². The standard InChI is InChI=1S/C25H27FN2O6S/c1-17(2)28(25(29)27-23-13-10-20(32-3)15-24(23)33-4)16-18-6-5-7-21(14-18)34-35(30,31)22-11-8-19(26)9-12-22/h5-15,17H,16H2,1-4H3,(H,27,29). The van der Waals surface area contributed by atoms with Crippen LogP contribution >= 0.6 is 0 Å².